The minimum Gasteiger partial charge on any atom is -0.395 e. The normalized spacial score (nSPS) is 24.1. The molecule has 4 rings (SSSR count). The molecule has 2 aromatic rings. The van der Waals surface area contributed by atoms with Gasteiger partial charge in [0.25, 0.3) is 5.91 Å². The molecular weight excluding hydrogens is 294 g/mol. The van der Waals surface area contributed by atoms with Gasteiger partial charge < -0.3 is 19.9 Å². The molecule has 1 saturated heterocycles. The molecule has 1 aromatic carbocycles. The van der Waals surface area contributed by atoms with Crippen LogP contribution >= 0.6 is 0 Å². The summed E-state index contributed by atoms with van der Waals surface area (Å²) in [6, 6.07) is 7.97. The number of aliphatic hydroxyl groups excluding tert-OH is 1. The van der Waals surface area contributed by atoms with Crippen LogP contribution in [0.3, 0.4) is 0 Å². The first kappa shape index (κ1) is 14.3. The van der Waals surface area contributed by atoms with E-state index in [2.05, 4.69) is 4.98 Å². The summed E-state index contributed by atoms with van der Waals surface area (Å²) in [6.07, 6.45) is 0.744. The number of aromatic amines is 1. The third-order valence-corrected chi connectivity index (χ3v) is 5.13. The van der Waals surface area contributed by atoms with Gasteiger partial charge in [-0.15, -0.1) is 0 Å². The Morgan fingerprint density at radius 3 is 2.87 bits per heavy atom. The Morgan fingerprint density at radius 1 is 1.30 bits per heavy atom. The average Bonchev–Trinajstić information content (AvgIpc) is 2.93. The molecule has 0 bridgehead atoms. The second-order valence-corrected chi connectivity index (χ2v) is 6.34. The van der Waals surface area contributed by atoms with Crippen LogP contribution in [0.15, 0.2) is 24.3 Å². The Labute approximate surface area is 133 Å². The van der Waals surface area contributed by atoms with Crippen LogP contribution in [-0.2, 0) is 21.5 Å². The van der Waals surface area contributed by atoms with E-state index < -0.39 is 5.54 Å². The zero-order valence-corrected chi connectivity index (χ0v) is 13.0. The number of carbonyl (C=O) groups is 2. The number of nitrogens with one attached hydrogen (secondary N) is 1. The van der Waals surface area contributed by atoms with Crippen LogP contribution in [0.2, 0.25) is 0 Å². The Hall–Kier alpha value is -2.34. The average molecular weight is 313 g/mol. The molecule has 1 aromatic heterocycles. The number of piperazine rings is 1. The number of β-amino-alcohol motifs (C(OH)–C–C–N with tert-alkyl or cyclic N) is 1. The maximum atomic E-state index is 13.1. The molecule has 2 aliphatic heterocycles. The van der Waals surface area contributed by atoms with Crippen molar-refractivity contribution < 1.29 is 14.7 Å². The summed E-state index contributed by atoms with van der Waals surface area (Å²) < 4.78 is 0. The van der Waals surface area contributed by atoms with Crippen molar-refractivity contribution >= 4 is 22.7 Å². The molecule has 2 N–H and O–H groups in total. The summed E-state index contributed by atoms with van der Waals surface area (Å²) in [5.41, 5.74) is 1.90. The Bertz CT molecular complexity index is 813. The van der Waals surface area contributed by atoms with Gasteiger partial charge >= 0.3 is 0 Å². The summed E-state index contributed by atoms with van der Waals surface area (Å²) in [6.45, 7) is 2.44. The van der Waals surface area contributed by atoms with E-state index in [-0.39, 0.29) is 31.5 Å². The standard InChI is InChI=1S/C17H19N3O3/c1-17-15-12(11-4-2-3-5-13(11)18-15)6-7-20(17)14(22)10-19(8-9-21)16(17)23/h2-5,18,21H,6-10H2,1H3/t17-/m1/s1. The molecule has 6 heteroatoms. The van der Waals surface area contributed by atoms with E-state index in [4.69, 9.17) is 0 Å². The minimum atomic E-state index is -1.02. The van der Waals surface area contributed by atoms with E-state index >= 15 is 0 Å². The molecule has 2 aliphatic rings. The summed E-state index contributed by atoms with van der Waals surface area (Å²) in [4.78, 5) is 32.1. The van der Waals surface area contributed by atoms with Crippen molar-refractivity contribution in [2.45, 2.75) is 18.9 Å². The highest BCUT2D eigenvalue weighted by molar-refractivity contribution is 6.00. The molecule has 0 aliphatic carbocycles. The van der Waals surface area contributed by atoms with Crippen molar-refractivity contribution in [2.24, 2.45) is 0 Å². The van der Waals surface area contributed by atoms with E-state index in [1.165, 1.54) is 4.90 Å². The van der Waals surface area contributed by atoms with Gasteiger partial charge in [0.05, 0.1) is 18.8 Å². The highest BCUT2D eigenvalue weighted by Gasteiger charge is 2.53. The van der Waals surface area contributed by atoms with E-state index in [0.717, 1.165) is 28.6 Å². The molecule has 0 spiro atoms. The molecule has 0 unspecified atom stereocenters. The van der Waals surface area contributed by atoms with Gasteiger partial charge in [0.2, 0.25) is 5.91 Å². The third-order valence-electron chi connectivity index (χ3n) is 5.13. The fraction of sp³-hybridized carbons (Fsp3) is 0.412. The summed E-state index contributed by atoms with van der Waals surface area (Å²) >= 11 is 0. The second-order valence-electron chi connectivity index (χ2n) is 6.34. The van der Waals surface area contributed by atoms with Crippen LogP contribution in [0.4, 0.5) is 0 Å². The summed E-state index contributed by atoms with van der Waals surface area (Å²) in [5.74, 6) is -0.191. The van der Waals surface area contributed by atoms with Crippen molar-refractivity contribution in [3.8, 4) is 0 Å². The van der Waals surface area contributed by atoms with Gasteiger partial charge in [0.15, 0.2) is 5.54 Å². The highest BCUT2D eigenvalue weighted by atomic mass is 16.3. The Kier molecular flexibility index (Phi) is 2.99. The number of amides is 2. The molecule has 120 valence electrons. The lowest BCUT2D eigenvalue weighted by atomic mass is 9.83. The number of rotatable bonds is 2. The Morgan fingerprint density at radius 2 is 2.09 bits per heavy atom. The van der Waals surface area contributed by atoms with E-state index in [9.17, 15) is 14.7 Å². The molecule has 2 amide bonds. The van der Waals surface area contributed by atoms with Gasteiger partial charge in [0, 0.05) is 24.0 Å². The maximum absolute atomic E-state index is 13.1. The monoisotopic (exact) mass is 313 g/mol. The van der Waals surface area contributed by atoms with Gasteiger partial charge in [0.1, 0.15) is 0 Å². The number of H-pyrrole nitrogens is 1. The van der Waals surface area contributed by atoms with E-state index in [1.54, 1.807) is 4.90 Å². The van der Waals surface area contributed by atoms with Crippen molar-refractivity contribution in [3.05, 3.63) is 35.5 Å². The van der Waals surface area contributed by atoms with Crippen LogP contribution in [0.5, 0.6) is 0 Å². The fourth-order valence-electron chi connectivity index (χ4n) is 3.98. The van der Waals surface area contributed by atoms with Gasteiger partial charge in [-0.3, -0.25) is 9.59 Å². The lowest BCUT2D eigenvalue weighted by Crippen LogP contribution is -2.67. The SMILES string of the molecule is C[C@@]12C(=O)N(CCO)CC(=O)N1CCc1c2[nH]c2ccccc12. The molecular formula is C17H19N3O3. The van der Waals surface area contributed by atoms with Crippen LogP contribution in [0.25, 0.3) is 10.9 Å². The van der Waals surface area contributed by atoms with Crippen molar-refractivity contribution in [1.82, 2.24) is 14.8 Å². The fourth-order valence-corrected chi connectivity index (χ4v) is 3.98. The van der Waals surface area contributed by atoms with Gasteiger partial charge in [-0.05, 0) is 25.0 Å². The zero-order valence-electron chi connectivity index (χ0n) is 13.0. The van der Waals surface area contributed by atoms with Crippen LogP contribution in [-0.4, -0.2) is 57.9 Å². The number of aliphatic hydroxyl groups is 1. The number of nitrogens with zero attached hydrogens (tertiary/aromatic N) is 2. The first-order valence-electron chi connectivity index (χ1n) is 7.88. The molecule has 0 radical (unpaired) electrons. The predicted molar refractivity (Wildman–Crippen MR) is 84.7 cm³/mol. The van der Waals surface area contributed by atoms with Gasteiger partial charge in [-0.2, -0.15) is 0 Å². The number of fused-ring (bicyclic) bond motifs is 5. The van der Waals surface area contributed by atoms with Gasteiger partial charge in [-0.1, -0.05) is 18.2 Å². The smallest absolute Gasteiger partial charge is 0.255 e. The zero-order chi connectivity index (χ0) is 16.2. The summed E-state index contributed by atoms with van der Waals surface area (Å²) in [5, 5.41) is 10.3. The number of hydrogen-bond acceptors (Lipinski definition) is 3. The van der Waals surface area contributed by atoms with Crippen molar-refractivity contribution in [3.63, 3.8) is 0 Å². The molecule has 6 nitrogen and oxygen atoms in total. The maximum Gasteiger partial charge on any atom is 0.255 e. The number of aromatic nitrogens is 1. The summed E-state index contributed by atoms with van der Waals surface area (Å²) in [7, 11) is 0. The lowest BCUT2D eigenvalue weighted by molar-refractivity contribution is -0.166. The van der Waals surface area contributed by atoms with Crippen molar-refractivity contribution in [2.75, 3.05) is 26.2 Å². The van der Waals surface area contributed by atoms with Crippen LogP contribution in [0.1, 0.15) is 18.2 Å². The topological polar surface area (TPSA) is 76.6 Å². The minimum absolute atomic E-state index is 0.0462. The highest BCUT2D eigenvalue weighted by Crippen LogP contribution is 2.41. The number of carbonyl (C=O) groups excluding carboxylic acids is 2. The first-order chi connectivity index (χ1) is 11.1. The van der Waals surface area contributed by atoms with Crippen LogP contribution < -0.4 is 0 Å². The quantitative estimate of drug-likeness (QED) is 0.852. The van der Waals surface area contributed by atoms with Gasteiger partial charge in [-0.25, -0.2) is 0 Å². The Balaban J connectivity index is 1.91. The number of para-hydroxylation sites is 1. The van der Waals surface area contributed by atoms with Crippen LogP contribution in [0, 0.1) is 0 Å². The number of hydrogen-bond donors (Lipinski definition) is 2. The predicted octanol–water partition coefficient (Wildman–Crippen LogP) is 0.602. The second kappa shape index (κ2) is 4.83. The molecule has 23 heavy (non-hydrogen) atoms. The molecule has 1 atom stereocenters. The molecule has 1 fully saturated rings. The first-order valence-corrected chi connectivity index (χ1v) is 7.88. The van der Waals surface area contributed by atoms with Crippen molar-refractivity contribution in [1.29, 1.82) is 0 Å². The van der Waals surface area contributed by atoms with E-state index in [0.29, 0.717) is 6.54 Å². The number of benzene rings is 1. The molecule has 3 heterocycles. The lowest BCUT2D eigenvalue weighted by Gasteiger charge is -2.49. The molecule has 0 saturated carbocycles. The third kappa shape index (κ3) is 1.78. The largest absolute Gasteiger partial charge is 0.395 e. The van der Waals surface area contributed by atoms with E-state index in [1.807, 2.05) is 31.2 Å².